The van der Waals surface area contributed by atoms with E-state index in [0.717, 1.165) is 52.0 Å². The summed E-state index contributed by atoms with van der Waals surface area (Å²) in [5, 5.41) is 0. The largest absolute Gasteiger partial charge is 0.490 e. The van der Waals surface area contributed by atoms with Crippen molar-refractivity contribution in [1.29, 1.82) is 0 Å². The number of halogens is 1. The summed E-state index contributed by atoms with van der Waals surface area (Å²) in [6.07, 6.45) is 14.6. The number of anilines is 1. The number of rotatable bonds is 7. The highest BCUT2D eigenvalue weighted by Gasteiger charge is 2.19. The topological polar surface area (TPSA) is 48.1 Å². The van der Waals surface area contributed by atoms with Crippen LogP contribution in [0.15, 0.2) is 60.9 Å². The minimum Gasteiger partial charge on any atom is -0.490 e. The lowest BCUT2D eigenvalue weighted by Gasteiger charge is -2.19. The number of aromatic nitrogens is 1. The van der Waals surface area contributed by atoms with Gasteiger partial charge in [0.05, 0.1) is 12.3 Å². The van der Waals surface area contributed by atoms with Crippen molar-refractivity contribution in [2.24, 2.45) is 0 Å². The molecule has 1 fully saturated rings. The van der Waals surface area contributed by atoms with E-state index in [1.807, 2.05) is 37.3 Å². The Balaban J connectivity index is 1.85. The van der Waals surface area contributed by atoms with Gasteiger partial charge in [0.1, 0.15) is 11.6 Å². The molecule has 0 bridgehead atoms. The zero-order valence-corrected chi connectivity index (χ0v) is 19.0. The van der Waals surface area contributed by atoms with Crippen molar-refractivity contribution in [1.82, 2.24) is 4.98 Å². The summed E-state index contributed by atoms with van der Waals surface area (Å²) < 4.78 is 20.3. The van der Waals surface area contributed by atoms with E-state index in [2.05, 4.69) is 23.0 Å². The van der Waals surface area contributed by atoms with Gasteiger partial charge in [-0.15, -0.1) is 12.3 Å². The molecule has 4 heteroatoms. The number of hydrogen-bond donors (Lipinski definition) is 1. The zero-order chi connectivity index (χ0) is 23.2. The quantitative estimate of drug-likeness (QED) is 0.324. The Morgan fingerprint density at radius 3 is 2.52 bits per heavy atom. The Labute approximate surface area is 195 Å². The average molecular weight is 441 g/mol. The van der Waals surface area contributed by atoms with Gasteiger partial charge in [-0.1, -0.05) is 18.2 Å². The van der Waals surface area contributed by atoms with Crippen molar-refractivity contribution in [3.8, 4) is 18.1 Å². The Kier molecular flexibility index (Phi) is 7.10. The van der Waals surface area contributed by atoms with E-state index in [1.165, 1.54) is 25.1 Å². The van der Waals surface area contributed by atoms with E-state index >= 15 is 0 Å². The van der Waals surface area contributed by atoms with Crippen LogP contribution in [0.5, 0.6) is 5.75 Å². The van der Waals surface area contributed by atoms with E-state index in [4.69, 9.17) is 16.9 Å². The molecule has 3 aromatic rings. The SMILES string of the molecule is C#CCC/C(=C(/c1ccc(OC2CCCC2)cc1)c1ccc(N)cc1C)c1cncc(F)c1. The minimum absolute atomic E-state index is 0.301. The van der Waals surface area contributed by atoms with Gasteiger partial charge in [0.2, 0.25) is 0 Å². The molecule has 168 valence electrons. The molecule has 1 aromatic heterocycles. The van der Waals surface area contributed by atoms with Gasteiger partial charge in [0.25, 0.3) is 0 Å². The summed E-state index contributed by atoms with van der Waals surface area (Å²) >= 11 is 0. The second-order valence-corrected chi connectivity index (χ2v) is 8.57. The highest BCUT2D eigenvalue weighted by atomic mass is 19.1. The fraction of sp³-hybridized carbons (Fsp3) is 0.276. The van der Waals surface area contributed by atoms with Gasteiger partial charge < -0.3 is 10.5 Å². The molecule has 0 spiro atoms. The molecule has 0 atom stereocenters. The van der Waals surface area contributed by atoms with E-state index in [1.54, 1.807) is 6.20 Å². The van der Waals surface area contributed by atoms with E-state index in [-0.39, 0.29) is 5.82 Å². The van der Waals surface area contributed by atoms with Crippen LogP contribution < -0.4 is 10.5 Å². The molecule has 1 heterocycles. The third-order valence-corrected chi connectivity index (χ3v) is 6.14. The van der Waals surface area contributed by atoms with Crippen molar-refractivity contribution < 1.29 is 9.13 Å². The molecular formula is C29H29FN2O. The molecule has 2 aromatic carbocycles. The molecule has 3 nitrogen and oxygen atoms in total. The van der Waals surface area contributed by atoms with Crippen LogP contribution in [-0.4, -0.2) is 11.1 Å². The summed E-state index contributed by atoms with van der Waals surface area (Å²) in [7, 11) is 0. The standard InChI is InChI=1S/C29H29FN2O/c1-3-4-9-28(22-17-23(30)19-32-18-22)29(27-15-12-24(31)16-20(27)2)21-10-13-26(14-11-21)33-25-7-5-6-8-25/h1,10-19,25H,4-9,31H2,2H3/b29-28+. The second-order valence-electron chi connectivity index (χ2n) is 8.57. The monoisotopic (exact) mass is 440 g/mol. The normalized spacial score (nSPS) is 14.6. The second kappa shape index (κ2) is 10.4. The van der Waals surface area contributed by atoms with Crippen molar-refractivity contribution in [3.05, 3.63) is 89.0 Å². The lowest BCUT2D eigenvalue weighted by molar-refractivity contribution is 0.210. The van der Waals surface area contributed by atoms with E-state index in [0.29, 0.717) is 24.6 Å². The lowest BCUT2D eigenvalue weighted by atomic mass is 9.86. The van der Waals surface area contributed by atoms with Crippen molar-refractivity contribution in [3.63, 3.8) is 0 Å². The smallest absolute Gasteiger partial charge is 0.142 e. The van der Waals surface area contributed by atoms with Gasteiger partial charge >= 0.3 is 0 Å². The number of nitrogen functional groups attached to an aromatic ring is 1. The average Bonchev–Trinajstić information content (AvgIpc) is 3.31. The maximum atomic E-state index is 14.1. The van der Waals surface area contributed by atoms with E-state index in [9.17, 15) is 4.39 Å². The molecule has 0 unspecified atom stereocenters. The van der Waals surface area contributed by atoms with Crippen LogP contribution in [0, 0.1) is 25.1 Å². The van der Waals surface area contributed by atoms with Crippen molar-refractivity contribution in [2.45, 2.75) is 51.6 Å². The van der Waals surface area contributed by atoms with E-state index < -0.39 is 0 Å². The molecule has 0 aliphatic heterocycles. The van der Waals surface area contributed by atoms with Gasteiger partial charge in [-0.2, -0.15) is 0 Å². The summed E-state index contributed by atoms with van der Waals surface area (Å²) in [6.45, 7) is 2.03. The summed E-state index contributed by atoms with van der Waals surface area (Å²) in [5.41, 5.74) is 12.5. The molecule has 1 aliphatic rings. The number of aryl methyl sites for hydroxylation is 1. The van der Waals surface area contributed by atoms with Crippen molar-refractivity contribution >= 4 is 16.8 Å². The first-order chi connectivity index (χ1) is 16.0. The molecule has 0 saturated heterocycles. The summed E-state index contributed by atoms with van der Waals surface area (Å²) in [4.78, 5) is 4.09. The molecule has 0 radical (unpaired) electrons. The number of hydrogen-bond acceptors (Lipinski definition) is 3. The van der Waals surface area contributed by atoms with Crippen LogP contribution in [0.4, 0.5) is 10.1 Å². The fourth-order valence-corrected chi connectivity index (χ4v) is 4.55. The van der Waals surface area contributed by atoms with Crippen LogP contribution in [0.25, 0.3) is 11.1 Å². The first kappa shape index (κ1) is 22.6. The first-order valence-electron chi connectivity index (χ1n) is 11.5. The van der Waals surface area contributed by atoms with Crippen LogP contribution in [0.3, 0.4) is 0 Å². The number of benzene rings is 2. The van der Waals surface area contributed by atoms with Crippen LogP contribution in [0.2, 0.25) is 0 Å². The predicted molar refractivity (Wildman–Crippen MR) is 133 cm³/mol. The van der Waals surface area contributed by atoms with Gasteiger partial charge in [-0.05, 0) is 103 Å². The molecule has 1 saturated carbocycles. The molecule has 1 aliphatic carbocycles. The zero-order valence-electron chi connectivity index (χ0n) is 19.0. The molecule has 0 amide bonds. The molecular weight excluding hydrogens is 411 g/mol. The van der Waals surface area contributed by atoms with Crippen LogP contribution in [-0.2, 0) is 0 Å². The number of allylic oxidation sites excluding steroid dienone is 1. The third-order valence-electron chi connectivity index (χ3n) is 6.14. The maximum Gasteiger partial charge on any atom is 0.142 e. The lowest BCUT2D eigenvalue weighted by Crippen LogP contribution is -2.10. The number of terminal acetylenes is 1. The Morgan fingerprint density at radius 1 is 1.09 bits per heavy atom. The highest BCUT2D eigenvalue weighted by molar-refractivity contribution is 5.99. The summed E-state index contributed by atoms with van der Waals surface area (Å²) in [6, 6.07) is 15.6. The Hall–Kier alpha value is -3.58. The maximum absolute atomic E-state index is 14.1. The van der Waals surface area contributed by atoms with Gasteiger partial charge in [0, 0.05) is 18.3 Å². The van der Waals surface area contributed by atoms with Gasteiger partial charge in [-0.25, -0.2) is 4.39 Å². The molecule has 33 heavy (non-hydrogen) atoms. The Bertz CT molecular complexity index is 1180. The van der Waals surface area contributed by atoms with Gasteiger partial charge in [-0.3, -0.25) is 4.98 Å². The number of nitrogens with two attached hydrogens (primary N) is 1. The summed E-state index contributed by atoms with van der Waals surface area (Å²) in [5.74, 6) is 3.22. The number of nitrogens with zero attached hydrogens (tertiary/aromatic N) is 1. The minimum atomic E-state index is -0.376. The predicted octanol–water partition coefficient (Wildman–Crippen LogP) is 6.81. The highest BCUT2D eigenvalue weighted by Crippen LogP contribution is 2.38. The van der Waals surface area contributed by atoms with Gasteiger partial charge in [0.15, 0.2) is 0 Å². The van der Waals surface area contributed by atoms with Crippen molar-refractivity contribution in [2.75, 3.05) is 5.73 Å². The third kappa shape index (κ3) is 5.43. The van der Waals surface area contributed by atoms with Crippen LogP contribution in [0.1, 0.15) is 60.8 Å². The number of ether oxygens (including phenoxy) is 1. The first-order valence-corrected chi connectivity index (χ1v) is 11.5. The Morgan fingerprint density at radius 2 is 1.85 bits per heavy atom. The van der Waals surface area contributed by atoms with Crippen LogP contribution >= 0.6 is 0 Å². The fourth-order valence-electron chi connectivity index (χ4n) is 4.55. The number of pyridine rings is 1. The molecule has 2 N–H and O–H groups in total. The molecule has 4 rings (SSSR count).